The Balaban J connectivity index is 0.000000222. The van der Waals surface area contributed by atoms with E-state index in [9.17, 15) is 9.59 Å². The Kier molecular flexibility index (Phi) is 10.8. The largest absolute Gasteiger partial charge is 0.478 e. The average Bonchev–Trinajstić information content (AvgIpc) is 2.95. The van der Waals surface area contributed by atoms with Gasteiger partial charge in [-0.25, -0.2) is 9.59 Å². The molecule has 0 aromatic heterocycles. The number of ether oxygens (including phenoxy) is 1. The maximum absolute atomic E-state index is 11.5. The Morgan fingerprint density at radius 3 is 1.50 bits per heavy atom. The van der Waals surface area contributed by atoms with Gasteiger partial charge in [0, 0.05) is 12.2 Å². The summed E-state index contributed by atoms with van der Waals surface area (Å²) in [4.78, 5) is 22.1. The third-order valence-corrected chi connectivity index (χ3v) is 6.80. The van der Waals surface area contributed by atoms with Gasteiger partial charge in [-0.1, -0.05) is 84.9 Å². The van der Waals surface area contributed by atoms with Crippen LogP contribution in [-0.4, -0.2) is 23.7 Å². The molecule has 40 heavy (non-hydrogen) atoms. The quantitative estimate of drug-likeness (QED) is 0.191. The van der Waals surface area contributed by atoms with Gasteiger partial charge < -0.3 is 9.84 Å². The van der Waals surface area contributed by atoms with Crippen molar-refractivity contribution < 1.29 is 19.4 Å². The van der Waals surface area contributed by atoms with E-state index >= 15 is 0 Å². The summed E-state index contributed by atoms with van der Waals surface area (Å²) in [6.45, 7) is 10.6. The first-order valence-corrected chi connectivity index (χ1v) is 13.3. The molecule has 0 saturated carbocycles. The smallest absolute Gasteiger partial charge is 0.330 e. The van der Waals surface area contributed by atoms with E-state index in [1.807, 2.05) is 54.6 Å². The lowest BCUT2D eigenvalue weighted by atomic mass is 9.93. The van der Waals surface area contributed by atoms with Crippen molar-refractivity contribution in [1.82, 2.24) is 0 Å². The van der Waals surface area contributed by atoms with Gasteiger partial charge in [-0.05, 0) is 102 Å². The second-order valence-electron chi connectivity index (χ2n) is 9.43. The number of carbonyl (C=O) groups is 2. The van der Waals surface area contributed by atoms with Crippen LogP contribution in [0.5, 0.6) is 0 Å². The minimum absolute atomic E-state index is 0.312. The van der Waals surface area contributed by atoms with Crippen LogP contribution in [0.4, 0.5) is 0 Å². The number of aliphatic carboxylic acids is 1. The second-order valence-corrected chi connectivity index (χ2v) is 9.43. The van der Waals surface area contributed by atoms with E-state index < -0.39 is 5.97 Å². The lowest BCUT2D eigenvalue weighted by Gasteiger charge is -2.11. The highest BCUT2D eigenvalue weighted by atomic mass is 16.5. The normalized spacial score (nSPS) is 10.8. The first-order chi connectivity index (χ1) is 19.2. The summed E-state index contributed by atoms with van der Waals surface area (Å²) >= 11 is 0. The van der Waals surface area contributed by atoms with Crippen molar-refractivity contribution in [3.63, 3.8) is 0 Å². The van der Waals surface area contributed by atoms with Crippen LogP contribution in [0, 0.1) is 27.7 Å². The van der Waals surface area contributed by atoms with E-state index in [-0.39, 0.29) is 5.97 Å². The first-order valence-electron chi connectivity index (χ1n) is 13.3. The Morgan fingerprint density at radius 2 is 1.05 bits per heavy atom. The number of esters is 1. The predicted molar refractivity (Wildman–Crippen MR) is 165 cm³/mol. The van der Waals surface area contributed by atoms with Crippen molar-refractivity contribution in [3.05, 3.63) is 130 Å². The molecule has 0 amide bonds. The molecule has 0 aliphatic heterocycles. The lowest BCUT2D eigenvalue weighted by Crippen LogP contribution is -1.98. The summed E-state index contributed by atoms with van der Waals surface area (Å²) in [6, 6.07) is 28.3. The minimum Gasteiger partial charge on any atom is -0.478 e. The molecule has 0 radical (unpaired) electrons. The van der Waals surface area contributed by atoms with Crippen LogP contribution >= 0.6 is 0 Å². The highest BCUT2D eigenvalue weighted by Gasteiger charge is 2.08. The molecule has 0 bridgehead atoms. The molecule has 4 nitrogen and oxygen atoms in total. The second kappa shape index (κ2) is 14.5. The molecule has 1 N–H and O–H groups in total. The van der Waals surface area contributed by atoms with Gasteiger partial charge in [0.2, 0.25) is 0 Å². The molecule has 4 heteroatoms. The zero-order valence-corrected chi connectivity index (χ0v) is 23.8. The van der Waals surface area contributed by atoms with Crippen LogP contribution in [0.2, 0.25) is 0 Å². The average molecular weight is 533 g/mol. The van der Waals surface area contributed by atoms with Crippen molar-refractivity contribution in [3.8, 4) is 22.3 Å². The molecule has 0 aliphatic rings. The van der Waals surface area contributed by atoms with Gasteiger partial charge in [-0.2, -0.15) is 0 Å². The lowest BCUT2D eigenvalue weighted by molar-refractivity contribution is -0.137. The van der Waals surface area contributed by atoms with E-state index in [0.29, 0.717) is 6.61 Å². The fourth-order valence-electron chi connectivity index (χ4n) is 4.37. The Labute approximate surface area is 237 Å². The van der Waals surface area contributed by atoms with Gasteiger partial charge in [0.25, 0.3) is 0 Å². The molecule has 0 heterocycles. The fourth-order valence-corrected chi connectivity index (χ4v) is 4.37. The number of aryl methyl sites for hydroxylation is 2. The van der Waals surface area contributed by atoms with Crippen molar-refractivity contribution in [1.29, 1.82) is 0 Å². The monoisotopic (exact) mass is 532 g/mol. The van der Waals surface area contributed by atoms with Gasteiger partial charge in [0.1, 0.15) is 0 Å². The number of carboxylic acid groups (broad SMARTS) is 1. The Bertz CT molecular complexity index is 1540. The van der Waals surface area contributed by atoms with E-state index in [4.69, 9.17) is 9.84 Å². The maximum atomic E-state index is 11.5. The molecule has 0 fully saturated rings. The molecular formula is C36H36O4. The van der Waals surface area contributed by atoms with Gasteiger partial charge in [0.15, 0.2) is 0 Å². The molecule has 0 atom stereocenters. The maximum Gasteiger partial charge on any atom is 0.330 e. The molecule has 204 valence electrons. The van der Waals surface area contributed by atoms with Gasteiger partial charge in [-0.15, -0.1) is 0 Å². The Morgan fingerprint density at radius 1 is 0.625 bits per heavy atom. The van der Waals surface area contributed by atoms with Crippen molar-refractivity contribution in [2.45, 2.75) is 34.6 Å². The number of benzene rings is 4. The summed E-state index contributed by atoms with van der Waals surface area (Å²) in [5, 5.41) is 8.75. The molecule has 0 unspecified atom stereocenters. The summed E-state index contributed by atoms with van der Waals surface area (Å²) in [5.74, 6) is -1.25. The van der Waals surface area contributed by atoms with E-state index in [0.717, 1.165) is 27.8 Å². The van der Waals surface area contributed by atoms with Gasteiger partial charge in [-0.3, -0.25) is 0 Å². The highest BCUT2D eigenvalue weighted by molar-refractivity contribution is 5.90. The van der Waals surface area contributed by atoms with Crippen LogP contribution in [0.25, 0.3) is 34.4 Å². The zero-order chi connectivity index (χ0) is 29.1. The fraction of sp³-hybridized carbons (Fsp3) is 0.167. The molecule has 0 saturated heterocycles. The molecule has 4 aromatic carbocycles. The molecule has 4 rings (SSSR count). The zero-order valence-electron chi connectivity index (χ0n) is 23.8. The number of rotatable bonds is 7. The van der Waals surface area contributed by atoms with E-state index in [2.05, 4.69) is 64.1 Å². The third-order valence-electron chi connectivity index (χ3n) is 6.80. The van der Waals surface area contributed by atoms with Gasteiger partial charge >= 0.3 is 11.9 Å². The highest BCUT2D eigenvalue weighted by Crippen LogP contribution is 2.30. The summed E-state index contributed by atoms with van der Waals surface area (Å²) in [5.41, 5.74) is 11.4. The van der Waals surface area contributed by atoms with Crippen LogP contribution in [0.15, 0.2) is 97.1 Å². The van der Waals surface area contributed by atoms with Crippen molar-refractivity contribution in [2.24, 2.45) is 0 Å². The number of hydrogen-bond donors (Lipinski definition) is 1. The SMILES string of the molecule is CCOC(=O)/C=C/c1ccccc1-c1cccc(C)c1C.Cc1cccc(-c2ccccc2/C=C/C(=O)O)c1C. The third kappa shape index (κ3) is 7.90. The topological polar surface area (TPSA) is 63.6 Å². The van der Waals surface area contributed by atoms with E-state index in [1.54, 1.807) is 13.0 Å². The first kappa shape index (κ1) is 29.9. The molecule has 4 aromatic rings. The van der Waals surface area contributed by atoms with Crippen LogP contribution < -0.4 is 0 Å². The molecule has 0 spiro atoms. The standard InChI is InChI=1S/C19H20O2.C17H16O2/c1-4-21-19(20)13-12-16-9-5-6-10-18(16)17-11-7-8-14(2)15(17)3;1-12-6-5-9-15(13(12)2)16-8-4-3-7-14(16)10-11-17(18)19/h5-13H,4H2,1-3H3;3-11H,1-2H3,(H,18,19)/b13-12+;11-10+. The Hall–Kier alpha value is -4.70. The predicted octanol–water partition coefficient (Wildman–Crippen LogP) is 8.61. The van der Waals surface area contributed by atoms with Gasteiger partial charge in [0.05, 0.1) is 6.61 Å². The molecular weight excluding hydrogens is 496 g/mol. The van der Waals surface area contributed by atoms with Crippen molar-refractivity contribution >= 4 is 24.1 Å². The summed E-state index contributed by atoms with van der Waals surface area (Å²) < 4.78 is 4.93. The number of carboxylic acids is 1. The number of carbonyl (C=O) groups excluding carboxylic acids is 1. The summed E-state index contributed by atoms with van der Waals surface area (Å²) in [6.07, 6.45) is 6.10. The minimum atomic E-state index is -0.934. The van der Waals surface area contributed by atoms with E-state index in [1.165, 1.54) is 40.0 Å². The van der Waals surface area contributed by atoms with Crippen molar-refractivity contribution in [2.75, 3.05) is 6.61 Å². The van der Waals surface area contributed by atoms with Crippen LogP contribution in [0.3, 0.4) is 0 Å². The summed E-state index contributed by atoms with van der Waals surface area (Å²) in [7, 11) is 0. The van der Waals surface area contributed by atoms with Crippen LogP contribution in [0.1, 0.15) is 40.3 Å². The number of hydrogen-bond acceptors (Lipinski definition) is 3. The molecule has 0 aliphatic carbocycles. The van der Waals surface area contributed by atoms with Crippen LogP contribution in [-0.2, 0) is 14.3 Å².